The average Bonchev–Trinajstić information content (AvgIpc) is 3.09. The minimum absolute atomic E-state index is 0.0827. The van der Waals surface area contributed by atoms with E-state index in [4.69, 9.17) is 0 Å². The molecule has 2 aromatic carbocycles. The van der Waals surface area contributed by atoms with Crippen molar-refractivity contribution in [3.8, 4) is 0 Å². The summed E-state index contributed by atoms with van der Waals surface area (Å²) in [5.41, 5.74) is 0.778. The van der Waals surface area contributed by atoms with Gasteiger partial charge in [0.15, 0.2) is 9.84 Å². The van der Waals surface area contributed by atoms with Crippen molar-refractivity contribution in [3.05, 3.63) is 42.0 Å². The van der Waals surface area contributed by atoms with E-state index in [9.17, 15) is 23.1 Å². The van der Waals surface area contributed by atoms with Crippen LogP contribution in [0, 0.1) is 5.41 Å². The van der Waals surface area contributed by atoms with Gasteiger partial charge in [-0.2, -0.15) is 0 Å². The average molecular weight is 599 g/mol. The summed E-state index contributed by atoms with van der Waals surface area (Å²) in [6, 6.07) is 10.7. The van der Waals surface area contributed by atoms with E-state index in [1.54, 1.807) is 17.1 Å². The molecule has 184 valence electrons. The first-order valence-electron chi connectivity index (χ1n) is 11.4. The van der Waals surface area contributed by atoms with Gasteiger partial charge in [0.2, 0.25) is 5.91 Å². The Bertz CT molecular complexity index is 1210. The number of hydrogen-bond donors (Lipinski definition) is 1. The fraction of sp³-hybridized carbons (Fsp3) is 0.500. The fourth-order valence-electron chi connectivity index (χ4n) is 4.51. The summed E-state index contributed by atoms with van der Waals surface area (Å²) in [5, 5.41) is 15.9. The highest BCUT2D eigenvalue weighted by molar-refractivity contribution is 14.1. The molecule has 1 atom stereocenters. The Morgan fingerprint density at radius 2 is 1.71 bits per heavy atom. The maximum Gasteiger partial charge on any atom is 0.252 e. The number of fused-ring (bicyclic) bond motifs is 1. The van der Waals surface area contributed by atoms with Crippen molar-refractivity contribution in [1.29, 1.82) is 0 Å². The second-order valence-electron chi connectivity index (χ2n) is 9.62. The van der Waals surface area contributed by atoms with Crippen molar-refractivity contribution in [2.24, 2.45) is 5.41 Å². The third kappa shape index (κ3) is 5.09. The summed E-state index contributed by atoms with van der Waals surface area (Å²) in [6.45, 7) is 6.12. The Kier molecular flexibility index (Phi) is 7.24. The van der Waals surface area contributed by atoms with E-state index in [0.717, 1.165) is 27.2 Å². The molecule has 2 aliphatic rings. The molecule has 10 heteroatoms. The maximum atomic E-state index is 12.9. The van der Waals surface area contributed by atoms with Crippen molar-refractivity contribution >= 4 is 55.0 Å². The number of benzene rings is 2. The van der Waals surface area contributed by atoms with Crippen LogP contribution in [0.25, 0.3) is 10.8 Å². The Labute approximate surface area is 213 Å². The lowest BCUT2D eigenvalue weighted by Gasteiger charge is -2.40. The molecule has 0 bridgehead atoms. The van der Waals surface area contributed by atoms with Gasteiger partial charge in [-0.25, -0.2) is 13.4 Å². The molecule has 2 fully saturated rings. The van der Waals surface area contributed by atoms with Crippen LogP contribution in [0.2, 0.25) is 0 Å². The monoisotopic (exact) mass is 599 g/mol. The van der Waals surface area contributed by atoms with Crippen molar-refractivity contribution in [2.45, 2.75) is 35.7 Å². The molecule has 0 saturated carbocycles. The van der Waals surface area contributed by atoms with Crippen molar-refractivity contribution in [3.63, 3.8) is 0 Å². The van der Waals surface area contributed by atoms with Crippen LogP contribution in [0.1, 0.15) is 25.8 Å². The van der Waals surface area contributed by atoms with Crippen LogP contribution >= 0.6 is 22.6 Å². The second-order valence-corrected chi connectivity index (χ2v) is 12.4. The summed E-state index contributed by atoms with van der Waals surface area (Å²) < 4.78 is 26.7. The number of hydrogen-bond acceptors (Lipinski definition) is 6. The van der Waals surface area contributed by atoms with Crippen LogP contribution in [-0.2, 0) is 23.9 Å². The number of halogens is 1. The Morgan fingerprint density at radius 3 is 2.32 bits per heavy atom. The first-order valence-corrected chi connectivity index (χ1v) is 14.5. The van der Waals surface area contributed by atoms with E-state index in [2.05, 4.69) is 22.6 Å². The van der Waals surface area contributed by atoms with Crippen LogP contribution in [0.3, 0.4) is 0 Å². The topological polar surface area (TPSA) is 98.2 Å². The van der Waals surface area contributed by atoms with Gasteiger partial charge in [0.25, 0.3) is 5.91 Å². The molecule has 0 aromatic heterocycles. The van der Waals surface area contributed by atoms with Crippen molar-refractivity contribution in [2.75, 3.05) is 38.5 Å². The molecule has 34 heavy (non-hydrogen) atoms. The van der Waals surface area contributed by atoms with Gasteiger partial charge in [-0.1, -0.05) is 60.7 Å². The molecular formula is C24H30IN3O5S. The van der Waals surface area contributed by atoms with Gasteiger partial charge in [-0.3, -0.25) is 14.6 Å². The van der Waals surface area contributed by atoms with Gasteiger partial charge in [-0.05, 0) is 34.9 Å². The predicted molar refractivity (Wildman–Crippen MR) is 138 cm³/mol. The molecule has 8 nitrogen and oxygen atoms in total. The summed E-state index contributed by atoms with van der Waals surface area (Å²) in [7, 11) is -3.86. The SMILES string of the molecule is CC1(C)CCN(N2CCN(C(=O)[C@H](O)CS(=O)(=O)c3ccc4cc(CI)ccc4c3)CC2)C1=O. The lowest BCUT2D eigenvalue weighted by Crippen LogP contribution is -2.57. The number of hydrazine groups is 1. The quantitative estimate of drug-likeness (QED) is 0.404. The molecule has 0 radical (unpaired) electrons. The second kappa shape index (κ2) is 9.71. The third-order valence-electron chi connectivity index (χ3n) is 6.72. The zero-order valence-corrected chi connectivity index (χ0v) is 22.4. The number of aliphatic hydroxyl groups excluding tert-OH is 1. The largest absolute Gasteiger partial charge is 0.382 e. The van der Waals surface area contributed by atoms with E-state index < -0.39 is 27.6 Å². The summed E-state index contributed by atoms with van der Waals surface area (Å²) in [5.74, 6) is -1.18. The number of alkyl halides is 1. The molecule has 0 spiro atoms. The zero-order chi connectivity index (χ0) is 24.7. The van der Waals surface area contributed by atoms with Gasteiger partial charge < -0.3 is 10.0 Å². The summed E-state index contributed by atoms with van der Waals surface area (Å²) in [6.07, 6.45) is -0.851. The van der Waals surface area contributed by atoms with Gasteiger partial charge in [0.05, 0.1) is 10.6 Å². The van der Waals surface area contributed by atoms with Crippen LogP contribution in [0.4, 0.5) is 0 Å². The normalized spacial score (nSPS) is 20.2. The number of carbonyl (C=O) groups is 2. The molecule has 1 N–H and O–H groups in total. The molecule has 0 unspecified atom stereocenters. The van der Waals surface area contributed by atoms with E-state index in [1.807, 2.05) is 37.1 Å². The summed E-state index contributed by atoms with van der Waals surface area (Å²) in [4.78, 5) is 26.9. The molecule has 2 aliphatic heterocycles. The first-order chi connectivity index (χ1) is 16.0. The number of rotatable bonds is 6. The number of sulfone groups is 1. The van der Waals surface area contributed by atoms with Crippen LogP contribution in [-0.4, -0.2) is 84.8 Å². The predicted octanol–water partition coefficient (Wildman–Crippen LogP) is 2.23. The third-order valence-corrected chi connectivity index (χ3v) is 9.33. The zero-order valence-electron chi connectivity index (χ0n) is 19.4. The number of carbonyl (C=O) groups excluding carboxylic acids is 2. The van der Waals surface area contributed by atoms with E-state index in [1.165, 1.54) is 11.0 Å². The van der Waals surface area contributed by atoms with E-state index >= 15 is 0 Å². The number of aliphatic hydroxyl groups is 1. The minimum atomic E-state index is -3.86. The van der Waals surface area contributed by atoms with E-state index in [0.29, 0.717) is 32.7 Å². The van der Waals surface area contributed by atoms with Gasteiger partial charge >= 0.3 is 0 Å². The number of nitrogens with zero attached hydrogens (tertiary/aromatic N) is 3. The maximum absolute atomic E-state index is 12.9. The van der Waals surface area contributed by atoms with Gasteiger partial charge in [0.1, 0.15) is 6.10 Å². The molecule has 4 rings (SSSR count). The molecule has 2 heterocycles. The summed E-state index contributed by atoms with van der Waals surface area (Å²) >= 11 is 2.28. The molecule has 2 aromatic rings. The molecule has 2 amide bonds. The number of amides is 2. The highest BCUT2D eigenvalue weighted by Gasteiger charge is 2.42. The lowest BCUT2D eigenvalue weighted by molar-refractivity contribution is -0.155. The van der Waals surface area contributed by atoms with Crippen LogP contribution in [0.5, 0.6) is 0 Å². The van der Waals surface area contributed by atoms with Crippen molar-refractivity contribution < 1.29 is 23.1 Å². The smallest absolute Gasteiger partial charge is 0.252 e. The minimum Gasteiger partial charge on any atom is -0.382 e. The van der Waals surface area contributed by atoms with Gasteiger partial charge in [0, 0.05) is 42.6 Å². The highest BCUT2D eigenvalue weighted by atomic mass is 127. The van der Waals surface area contributed by atoms with Gasteiger partial charge in [-0.15, -0.1) is 0 Å². The Balaban J connectivity index is 1.38. The fourth-order valence-corrected chi connectivity index (χ4v) is 6.31. The number of piperazine rings is 1. The Hall–Kier alpha value is -1.76. The molecular weight excluding hydrogens is 569 g/mol. The van der Waals surface area contributed by atoms with Crippen molar-refractivity contribution in [1.82, 2.24) is 14.9 Å². The molecule has 0 aliphatic carbocycles. The van der Waals surface area contributed by atoms with Crippen LogP contribution < -0.4 is 0 Å². The van der Waals surface area contributed by atoms with E-state index in [-0.39, 0.29) is 16.2 Å². The first kappa shape index (κ1) is 25.3. The molecule has 2 saturated heterocycles. The lowest BCUT2D eigenvalue weighted by atomic mass is 9.92. The highest BCUT2D eigenvalue weighted by Crippen LogP contribution is 2.32. The van der Waals surface area contributed by atoms with Crippen LogP contribution in [0.15, 0.2) is 41.3 Å². The Morgan fingerprint density at radius 1 is 1.06 bits per heavy atom. The standard InChI is InChI=1S/C24H30IN3O5S/c1-24(2)7-8-28(23(24)31)27-11-9-26(10-12-27)22(30)21(29)16-34(32,33)20-6-5-18-13-17(15-25)3-4-19(18)14-20/h3-6,13-14,21,29H,7-12,15-16H2,1-2H3/t21-/m1/s1.